The third-order valence-electron chi connectivity index (χ3n) is 6.55. The van der Waals surface area contributed by atoms with Gasteiger partial charge in [0, 0.05) is 24.2 Å². The van der Waals surface area contributed by atoms with Gasteiger partial charge in [-0.3, -0.25) is 0 Å². The molecule has 2 aromatic heterocycles. The minimum Gasteiger partial charge on any atom is -0.389 e. The van der Waals surface area contributed by atoms with Crippen LogP contribution in [0.3, 0.4) is 0 Å². The lowest BCUT2D eigenvalue weighted by atomic mass is 9.89. The molecule has 0 bridgehead atoms. The van der Waals surface area contributed by atoms with Gasteiger partial charge in [0.15, 0.2) is 0 Å². The van der Waals surface area contributed by atoms with E-state index >= 15 is 0 Å². The Kier molecular flexibility index (Phi) is 6.22. The molecule has 32 heavy (non-hydrogen) atoms. The Labute approximate surface area is 193 Å². The molecule has 0 spiro atoms. The smallest absolute Gasteiger partial charge is 0.223 e. The van der Waals surface area contributed by atoms with Gasteiger partial charge in [-0.2, -0.15) is 0 Å². The molecule has 2 fully saturated rings. The Morgan fingerprint density at radius 2 is 1.97 bits per heavy atom. The van der Waals surface area contributed by atoms with Gasteiger partial charge in [-0.1, -0.05) is 36.6 Å². The molecular weight excluding hydrogens is 418 g/mol. The zero-order chi connectivity index (χ0) is 22.0. The summed E-state index contributed by atoms with van der Waals surface area (Å²) < 4.78 is 0. The summed E-state index contributed by atoms with van der Waals surface area (Å²) in [4.78, 5) is 15.4. The van der Waals surface area contributed by atoms with Gasteiger partial charge in [0.1, 0.15) is 0 Å². The second kappa shape index (κ2) is 9.25. The van der Waals surface area contributed by atoms with Crippen LogP contribution >= 0.6 is 11.3 Å². The number of rotatable bonds is 6. The first kappa shape index (κ1) is 21.5. The lowest BCUT2D eigenvalue weighted by molar-refractivity contribution is 0.0108. The minimum absolute atomic E-state index is 0.465. The van der Waals surface area contributed by atoms with E-state index in [2.05, 4.69) is 46.8 Å². The van der Waals surface area contributed by atoms with Crippen LogP contribution in [-0.4, -0.2) is 44.8 Å². The maximum Gasteiger partial charge on any atom is 0.223 e. The largest absolute Gasteiger partial charge is 0.389 e. The molecule has 0 unspecified atom stereocenters. The van der Waals surface area contributed by atoms with Crippen molar-refractivity contribution in [3.8, 4) is 21.8 Å². The van der Waals surface area contributed by atoms with Crippen LogP contribution in [-0.2, 0) is 6.42 Å². The van der Waals surface area contributed by atoms with Gasteiger partial charge in [-0.15, -0.1) is 11.3 Å². The number of thiazole rings is 1. The van der Waals surface area contributed by atoms with Gasteiger partial charge in [-0.05, 0) is 57.8 Å². The van der Waals surface area contributed by atoms with Crippen molar-refractivity contribution in [3.63, 3.8) is 0 Å². The zero-order valence-corrected chi connectivity index (χ0v) is 19.4. The third-order valence-corrected chi connectivity index (χ3v) is 7.63. The van der Waals surface area contributed by atoms with E-state index < -0.39 is 5.60 Å². The molecule has 5 rings (SSSR count). The first-order valence-electron chi connectivity index (χ1n) is 11.7. The molecule has 1 aromatic carbocycles. The molecular formula is C25H31N5OS. The van der Waals surface area contributed by atoms with Crippen molar-refractivity contribution in [3.05, 3.63) is 47.1 Å². The van der Waals surface area contributed by atoms with E-state index in [1.54, 1.807) is 11.3 Å². The van der Waals surface area contributed by atoms with Crippen molar-refractivity contribution in [2.45, 2.75) is 63.5 Å². The Bertz CT molecular complexity index is 1070. The number of piperidine rings is 1. The van der Waals surface area contributed by atoms with E-state index in [4.69, 9.17) is 9.97 Å². The third kappa shape index (κ3) is 4.85. The van der Waals surface area contributed by atoms with Crippen LogP contribution in [0, 0.1) is 6.92 Å². The molecule has 0 amide bonds. The average Bonchev–Trinajstić information content (AvgIpc) is 3.44. The number of hydrogen-bond acceptors (Lipinski definition) is 7. The quantitative estimate of drug-likeness (QED) is 0.511. The summed E-state index contributed by atoms with van der Waals surface area (Å²) in [6.45, 7) is 3.80. The summed E-state index contributed by atoms with van der Waals surface area (Å²) in [6.07, 6.45) is 8.82. The Balaban J connectivity index is 1.50. The van der Waals surface area contributed by atoms with Crippen molar-refractivity contribution in [2.24, 2.45) is 0 Å². The van der Waals surface area contributed by atoms with E-state index in [9.17, 15) is 5.11 Å². The Morgan fingerprint density at radius 1 is 1.16 bits per heavy atom. The van der Waals surface area contributed by atoms with Gasteiger partial charge in [-0.25, -0.2) is 15.0 Å². The first-order chi connectivity index (χ1) is 15.6. The molecule has 1 saturated carbocycles. The van der Waals surface area contributed by atoms with E-state index in [1.165, 1.54) is 31.2 Å². The van der Waals surface area contributed by atoms with E-state index in [0.717, 1.165) is 52.8 Å². The van der Waals surface area contributed by atoms with Crippen LogP contribution in [0.1, 0.15) is 49.1 Å². The van der Waals surface area contributed by atoms with Crippen molar-refractivity contribution < 1.29 is 5.11 Å². The molecule has 3 N–H and O–H groups in total. The maximum absolute atomic E-state index is 11.1. The van der Waals surface area contributed by atoms with Crippen molar-refractivity contribution in [1.29, 1.82) is 0 Å². The predicted octanol–water partition coefficient (Wildman–Crippen LogP) is 4.59. The predicted molar refractivity (Wildman–Crippen MR) is 130 cm³/mol. The number of hydrogen-bond donors (Lipinski definition) is 3. The summed E-state index contributed by atoms with van der Waals surface area (Å²) >= 11 is 1.65. The summed E-state index contributed by atoms with van der Waals surface area (Å²) in [5.74, 6) is 0.691. The highest BCUT2D eigenvalue weighted by atomic mass is 32.1. The zero-order valence-electron chi connectivity index (χ0n) is 18.6. The minimum atomic E-state index is -0.689. The lowest BCUT2D eigenvalue weighted by Gasteiger charge is -2.31. The molecule has 3 aromatic rings. The highest BCUT2D eigenvalue weighted by Gasteiger charge is 2.31. The average molecular weight is 450 g/mol. The van der Waals surface area contributed by atoms with E-state index in [1.807, 2.05) is 12.3 Å². The summed E-state index contributed by atoms with van der Waals surface area (Å²) in [7, 11) is 0. The van der Waals surface area contributed by atoms with E-state index in [-0.39, 0.29) is 0 Å². The van der Waals surface area contributed by atoms with Gasteiger partial charge < -0.3 is 15.7 Å². The van der Waals surface area contributed by atoms with E-state index in [0.29, 0.717) is 18.4 Å². The summed E-state index contributed by atoms with van der Waals surface area (Å²) in [6, 6.07) is 10.9. The number of nitrogens with zero attached hydrogens (tertiary/aromatic N) is 3. The molecule has 7 heteroatoms. The number of aromatic nitrogens is 3. The second-order valence-electron chi connectivity index (χ2n) is 9.20. The maximum atomic E-state index is 11.1. The molecule has 2 aliphatic rings. The summed E-state index contributed by atoms with van der Waals surface area (Å²) in [5.41, 5.74) is 3.43. The first-order valence-corrected chi connectivity index (χ1v) is 12.5. The number of aryl methyl sites for hydroxylation is 1. The van der Waals surface area contributed by atoms with Gasteiger partial charge in [0.25, 0.3) is 0 Å². The number of anilines is 1. The fourth-order valence-corrected chi connectivity index (χ4v) is 5.95. The molecule has 1 aliphatic heterocycles. The fraction of sp³-hybridized carbons (Fsp3) is 0.480. The topological polar surface area (TPSA) is 83.0 Å². The molecule has 0 atom stereocenters. The highest BCUT2D eigenvalue weighted by molar-refractivity contribution is 7.15. The highest BCUT2D eigenvalue weighted by Crippen LogP contribution is 2.38. The Morgan fingerprint density at radius 3 is 2.75 bits per heavy atom. The van der Waals surface area contributed by atoms with Crippen LogP contribution in [0.2, 0.25) is 0 Å². The monoisotopic (exact) mass is 449 g/mol. The number of aliphatic hydroxyl groups is 1. The van der Waals surface area contributed by atoms with Crippen LogP contribution < -0.4 is 10.6 Å². The second-order valence-corrected chi connectivity index (χ2v) is 10.3. The van der Waals surface area contributed by atoms with Gasteiger partial charge in [0.05, 0.1) is 26.9 Å². The molecule has 6 nitrogen and oxygen atoms in total. The van der Waals surface area contributed by atoms with Crippen LogP contribution in [0.5, 0.6) is 0 Å². The fourth-order valence-electron chi connectivity index (χ4n) is 4.76. The molecule has 168 valence electrons. The van der Waals surface area contributed by atoms with Crippen LogP contribution in [0.4, 0.5) is 5.95 Å². The van der Waals surface area contributed by atoms with Gasteiger partial charge >= 0.3 is 0 Å². The Hall–Kier alpha value is -2.35. The van der Waals surface area contributed by atoms with Crippen LogP contribution in [0.15, 0.2) is 36.5 Å². The van der Waals surface area contributed by atoms with Crippen LogP contribution in [0.25, 0.3) is 21.8 Å². The molecule has 3 heterocycles. The van der Waals surface area contributed by atoms with Crippen molar-refractivity contribution >= 4 is 17.3 Å². The molecule has 0 radical (unpaired) electrons. The SMILES string of the molecule is Cc1cccc(-c2nc(CC3(O)CCNCC3)sc2-c2ccnc(NC3CCCC3)n2)c1. The number of benzene rings is 1. The lowest BCUT2D eigenvalue weighted by Crippen LogP contribution is -2.43. The van der Waals surface area contributed by atoms with Gasteiger partial charge in [0.2, 0.25) is 5.95 Å². The van der Waals surface area contributed by atoms with Crippen molar-refractivity contribution in [1.82, 2.24) is 20.3 Å². The van der Waals surface area contributed by atoms with Crippen molar-refractivity contribution in [2.75, 3.05) is 18.4 Å². The number of nitrogens with one attached hydrogen (secondary N) is 2. The molecule has 1 saturated heterocycles. The normalized spacial score (nSPS) is 18.7. The summed E-state index contributed by atoms with van der Waals surface area (Å²) in [5, 5.41) is 18.9. The molecule has 1 aliphatic carbocycles. The standard InChI is InChI=1S/C25H31N5OS/c1-17-5-4-6-18(15-17)22-23(32-21(30-22)16-25(31)10-13-26-14-11-25)20-9-12-27-24(29-20)28-19-7-2-3-8-19/h4-6,9,12,15,19,26,31H,2-3,7-8,10-11,13-14,16H2,1H3,(H,27,28,29).